The van der Waals surface area contributed by atoms with E-state index in [1.165, 1.54) is 0 Å². The van der Waals surface area contributed by atoms with Crippen molar-refractivity contribution in [1.29, 1.82) is 0 Å². The zero-order chi connectivity index (χ0) is 11.1. The molecule has 0 fully saturated rings. The molecule has 0 N–H and O–H groups in total. The van der Waals surface area contributed by atoms with Crippen LogP contribution in [-0.2, 0) is 9.59 Å². The number of amides is 1. The standard InChI is InChI=1S/C13H7NO2/c15-7-9-6-11-10-4-2-1-3-8(10)5-12(11)13(16)14-9/h1-7H. The van der Waals surface area contributed by atoms with E-state index in [0.29, 0.717) is 11.9 Å². The number of nitrogens with zero attached hydrogens (tertiary/aromatic N) is 1. The number of hydrogen-bond acceptors (Lipinski definition) is 2. The Morgan fingerprint density at radius 2 is 1.88 bits per heavy atom. The van der Waals surface area contributed by atoms with E-state index >= 15 is 0 Å². The number of carbonyl (C=O) groups is 2. The second-order valence-electron chi connectivity index (χ2n) is 3.66. The normalized spacial score (nSPS) is 17.0. The van der Waals surface area contributed by atoms with Gasteiger partial charge in [0.15, 0.2) is 6.29 Å². The van der Waals surface area contributed by atoms with Crippen LogP contribution in [0, 0.1) is 0 Å². The summed E-state index contributed by atoms with van der Waals surface area (Å²) < 4.78 is 0. The Balaban J connectivity index is 2.25. The van der Waals surface area contributed by atoms with Crippen LogP contribution in [0.25, 0.3) is 11.6 Å². The fraction of sp³-hybridized carbons (Fsp3) is 0. The van der Waals surface area contributed by atoms with Crippen molar-refractivity contribution in [2.24, 2.45) is 4.99 Å². The van der Waals surface area contributed by atoms with Gasteiger partial charge in [-0.05, 0) is 28.9 Å². The van der Waals surface area contributed by atoms with Crippen LogP contribution in [0.3, 0.4) is 0 Å². The number of fused-ring (bicyclic) bond motifs is 3. The molecule has 0 saturated heterocycles. The monoisotopic (exact) mass is 209 g/mol. The quantitative estimate of drug-likeness (QED) is 0.660. The average molecular weight is 209 g/mol. The second kappa shape index (κ2) is 3.10. The Hall–Kier alpha value is -2.29. The highest BCUT2D eigenvalue weighted by Gasteiger charge is 2.26. The highest BCUT2D eigenvalue weighted by Crippen LogP contribution is 2.37. The van der Waals surface area contributed by atoms with E-state index < -0.39 is 0 Å². The molecule has 0 unspecified atom stereocenters. The van der Waals surface area contributed by atoms with Gasteiger partial charge in [0.05, 0.1) is 5.57 Å². The van der Waals surface area contributed by atoms with Crippen molar-refractivity contribution in [3.8, 4) is 0 Å². The van der Waals surface area contributed by atoms with Gasteiger partial charge >= 0.3 is 0 Å². The molecule has 1 aromatic carbocycles. The largest absolute Gasteiger partial charge is 0.296 e. The summed E-state index contributed by atoms with van der Waals surface area (Å²) in [4.78, 5) is 26.0. The molecular weight excluding hydrogens is 202 g/mol. The van der Waals surface area contributed by atoms with Crippen LogP contribution in [-0.4, -0.2) is 17.9 Å². The van der Waals surface area contributed by atoms with Crippen molar-refractivity contribution in [3.63, 3.8) is 0 Å². The van der Waals surface area contributed by atoms with E-state index in [2.05, 4.69) is 4.99 Å². The molecule has 1 heterocycles. The minimum atomic E-state index is -0.337. The van der Waals surface area contributed by atoms with Crippen LogP contribution >= 0.6 is 0 Å². The summed E-state index contributed by atoms with van der Waals surface area (Å²) in [6.45, 7) is 0. The molecule has 0 saturated carbocycles. The van der Waals surface area contributed by atoms with Crippen molar-refractivity contribution >= 4 is 29.6 Å². The van der Waals surface area contributed by atoms with E-state index in [1.807, 2.05) is 30.3 Å². The third kappa shape index (κ3) is 1.11. The number of aliphatic imine (C=N–C) groups is 1. The molecule has 0 aromatic heterocycles. The first-order valence-corrected chi connectivity index (χ1v) is 4.91. The number of carbonyl (C=O) groups excluding carboxylic acids is 2. The third-order valence-corrected chi connectivity index (χ3v) is 2.71. The molecule has 16 heavy (non-hydrogen) atoms. The lowest BCUT2D eigenvalue weighted by atomic mass is 9.99. The SMILES string of the molecule is O=CC1=NC(=O)C2=Cc3ccccc3C2=C1. The second-order valence-corrected chi connectivity index (χ2v) is 3.66. The zero-order valence-electron chi connectivity index (χ0n) is 8.31. The predicted molar refractivity (Wildman–Crippen MR) is 60.9 cm³/mol. The molecule has 3 rings (SSSR count). The Kier molecular flexibility index (Phi) is 1.74. The van der Waals surface area contributed by atoms with Crippen LogP contribution < -0.4 is 0 Å². The number of dihydropyridines is 1. The van der Waals surface area contributed by atoms with E-state index in [1.54, 1.807) is 6.08 Å². The van der Waals surface area contributed by atoms with E-state index in [0.717, 1.165) is 16.7 Å². The lowest BCUT2D eigenvalue weighted by Crippen LogP contribution is -2.11. The lowest BCUT2D eigenvalue weighted by molar-refractivity contribution is -0.114. The van der Waals surface area contributed by atoms with Crippen LogP contribution in [0.2, 0.25) is 0 Å². The molecule has 3 heteroatoms. The van der Waals surface area contributed by atoms with Gasteiger partial charge in [0.1, 0.15) is 5.71 Å². The van der Waals surface area contributed by atoms with Crippen molar-refractivity contribution in [2.75, 3.05) is 0 Å². The summed E-state index contributed by atoms with van der Waals surface area (Å²) in [5.41, 5.74) is 3.55. The number of benzene rings is 1. The Labute approximate surface area is 91.8 Å². The molecular formula is C13H7NO2. The molecule has 1 aliphatic heterocycles. The number of rotatable bonds is 1. The van der Waals surface area contributed by atoms with Crippen LogP contribution in [0.15, 0.2) is 40.9 Å². The lowest BCUT2D eigenvalue weighted by Gasteiger charge is -2.08. The summed E-state index contributed by atoms with van der Waals surface area (Å²) in [6, 6.07) is 7.70. The smallest absolute Gasteiger partial charge is 0.278 e. The van der Waals surface area contributed by atoms with Gasteiger partial charge in [-0.2, -0.15) is 0 Å². The molecule has 1 aromatic rings. The molecule has 1 amide bonds. The highest BCUT2D eigenvalue weighted by atomic mass is 16.1. The van der Waals surface area contributed by atoms with Crippen molar-refractivity contribution < 1.29 is 9.59 Å². The van der Waals surface area contributed by atoms with Gasteiger partial charge in [-0.1, -0.05) is 24.3 Å². The molecule has 3 nitrogen and oxygen atoms in total. The highest BCUT2D eigenvalue weighted by molar-refractivity contribution is 6.42. The van der Waals surface area contributed by atoms with Gasteiger partial charge in [-0.25, -0.2) is 4.99 Å². The fourth-order valence-electron chi connectivity index (χ4n) is 2.00. The zero-order valence-corrected chi connectivity index (χ0v) is 8.31. The number of hydrogen-bond donors (Lipinski definition) is 0. The Bertz CT molecular complexity index is 606. The maximum Gasteiger partial charge on any atom is 0.278 e. The van der Waals surface area contributed by atoms with Crippen molar-refractivity contribution in [1.82, 2.24) is 0 Å². The van der Waals surface area contributed by atoms with Gasteiger partial charge in [0, 0.05) is 0 Å². The number of allylic oxidation sites excluding steroid dienone is 1. The summed E-state index contributed by atoms with van der Waals surface area (Å²) in [5.74, 6) is -0.337. The van der Waals surface area contributed by atoms with Gasteiger partial charge in [-0.15, -0.1) is 0 Å². The van der Waals surface area contributed by atoms with Gasteiger partial charge < -0.3 is 0 Å². The first-order valence-electron chi connectivity index (χ1n) is 4.91. The summed E-state index contributed by atoms with van der Waals surface area (Å²) in [7, 11) is 0. The van der Waals surface area contributed by atoms with E-state index in [4.69, 9.17) is 0 Å². The molecule has 0 atom stereocenters. The molecule has 2 aliphatic rings. The first-order chi connectivity index (χ1) is 7.79. The Morgan fingerprint density at radius 1 is 1.06 bits per heavy atom. The van der Waals surface area contributed by atoms with Crippen molar-refractivity contribution in [3.05, 3.63) is 47.0 Å². The van der Waals surface area contributed by atoms with Crippen LogP contribution in [0.5, 0.6) is 0 Å². The first kappa shape index (κ1) is 8.97. The molecule has 0 radical (unpaired) electrons. The minimum Gasteiger partial charge on any atom is -0.296 e. The van der Waals surface area contributed by atoms with E-state index in [9.17, 15) is 9.59 Å². The summed E-state index contributed by atoms with van der Waals surface area (Å²) in [5, 5.41) is 0. The van der Waals surface area contributed by atoms with Crippen molar-refractivity contribution in [2.45, 2.75) is 0 Å². The van der Waals surface area contributed by atoms with Gasteiger partial charge in [0.25, 0.3) is 5.91 Å². The average Bonchev–Trinajstić information content (AvgIpc) is 2.68. The van der Waals surface area contributed by atoms with Crippen LogP contribution in [0.4, 0.5) is 0 Å². The predicted octanol–water partition coefficient (Wildman–Crippen LogP) is 1.65. The summed E-state index contributed by atoms with van der Waals surface area (Å²) >= 11 is 0. The Morgan fingerprint density at radius 3 is 2.69 bits per heavy atom. The molecule has 0 bridgehead atoms. The molecule has 76 valence electrons. The van der Waals surface area contributed by atoms with E-state index in [-0.39, 0.29) is 11.6 Å². The maximum absolute atomic E-state index is 11.7. The fourth-order valence-corrected chi connectivity index (χ4v) is 2.00. The number of aldehydes is 1. The maximum atomic E-state index is 11.7. The third-order valence-electron chi connectivity index (χ3n) is 2.71. The van der Waals surface area contributed by atoms with Gasteiger partial charge in [-0.3, -0.25) is 9.59 Å². The molecule has 0 spiro atoms. The minimum absolute atomic E-state index is 0.189. The van der Waals surface area contributed by atoms with Gasteiger partial charge in [0.2, 0.25) is 0 Å². The van der Waals surface area contributed by atoms with Crippen LogP contribution in [0.1, 0.15) is 11.1 Å². The molecule has 1 aliphatic carbocycles. The topological polar surface area (TPSA) is 46.5 Å². The summed E-state index contributed by atoms with van der Waals surface area (Å²) in [6.07, 6.45) is 4.07.